The Balaban J connectivity index is 1.35. The normalized spacial score (nSPS) is 15.0. The van der Waals surface area contributed by atoms with Gasteiger partial charge in [-0.05, 0) is 36.4 Å². The number of ether oxygens (including phenoxy) is 1. The summed E-state index contributed by atoms with van der Waals surface area (Å²) in [4.78, 5) is 11.1. The molecule has 1 aliphatic rings. The lowest BCUT2D eigenvalue weighted by Crippen LogP contribution is -2.39. The van der Waals surface area contributed by atoms with E-state index >= 15 is 0 Å². The largest absolute Gasteiger partial charge is 0.379 e. The predicted octanol–water partition coefficient (Wildman–Crippen LogP) is 2.68. The fourth-order valence-electron chi connectivity index (χ4n) is 2.85. The highest BCUT2D eigenvalue weighted by molar-refractivity contribution is 5.60. The van der Waals surface area contributed by atoms with Crippen LogP contribution in [0.15, 0.2) is 47.1 Å². The van der Waals surface area contributed by atoms with Crippen LogP contribution in [0.5, 0.6) is 0 Å². The molecule has 1 N–H and O–H groups in total. The SMILES string of the molecule is Fc1ccc(-c2noc(-c3ccc(NCCN4CCOCC4)nc3)n2)cc1. The van der Waals surface area contributed by atoms with E-state index in [9.17, 15) is 4.39 Å². The number of rotatable bonds is 6. The number of morpholine rings is 1. The third-order valence-electron chi connectivity index (χ3n) is 4.38. The van der Waals surface area contributed by atoms with Crippen LogP contribution >= 0.6 is 0 Å². The molecule has 0 bridgehead atoms. The average Bonchev–Trinajstić information content (AvgIpc) is 3.20. The molecule has 1 fully saturated rings. The van der Waals surface area contributed by atoms with Gasteiger partial charge in [-0.15, -0.1) is 0 Å². The first-order valence-electron chi connectivity index (χ1n) is 8.88. The van der Waals surface area contributed by atoms with Gasteiger partial charge in [-0.3, -0.25) is 4.90 Å². The molecule has 140 valence electrons. The van der Waals surface area contributed by atoms with Crippen molar-refractivity contribution < 1.29 is 13.7 Å². The predicted molar refractivity (Wildman–Crippen MR) is 98.7 cm³/mol. The summed E-state index contributed by atoms with van der Waals surface area (Å²) in [6.07, 6.45) is 1.69. The zero-order valence-corrected chi connectivity index (χ0v) is 14.8. The fraction of sp³-hybridized carbons (Fsp3) is 0.316. The van der Waals surface area contributed by atoms with Gasteiger partial charge in [0.2, 0.25) is 5.82 Å². The van der Waals surface area contributed by atoms with Gasteiger partial charge in [0.1, 0.15) is 11.6 Å². The Labute approximate surface area is 156 Å². The van der Waals surface area contributed by atoms with Crippen LogP contribution in [-0.4, -0.2) is 59.4 Å². The van der Waals surface area contributed by atoms with E-state index in [0.29, 0.717) is 17.3 Å². The summed E-state index contributed by atoms with van der Waals surface area (Å²) < 4.78 is 23.7. The van der Waals surface area contributed by atoms with E-state index in [0.717, 1.165) is 50.8 Å². The van der Waals surface area contributed by atoms with Crippen molar-refractivity contribution in [3.8, 4) is 22.8 Å². The molecule has 0 amide bonds. The van der Waals surface area contributed by atoms with Crippen LogP contribution in [-0.2, 0) is 4.74 Å². The monoisotopic (exact) mass is 369 g/mol. The zero-order chi connectivity index (χ0) is 18.5. The van der Waals surface area contributed by atoms with Crippen LogP contribution in [0, 0.1) is 5.82 Å². The summed E-state index contributed by atoms with van der Waals surface area (Å²) >= 11 is 0. The van der Waals surface area contributed by atoms with Gasteiger partial charge in [0.15, 0.2) is 0 Å². The molecule has 4 rings (SSSR count). The van der Waals surface area contributed by atoms with Crippen LogP contribution in [0.2, 0.25) is 0 Å². The maximum absolute atomic E-state index is 13.0. The number of hydrogen-bond acceptors (Lipinski definition) is 7. The Kier molecular flexibility index (Phi) is 5.36. The van der Waals surface area contributed by atoms with Crippen LogP contribution in [0.4, 0.5) is 10.2 Å². The van der Waals surface area contributed by atoms with E-state index in [-0.39, 0.29) is 5.82 Å². The molecule has 3 aromatic rings. The van der Waals surface area contributed by atoms with E-state index < -0.39 is 0 Å². The van der Waals surface area contributed by atoms with Crippen LogP contribution in [0.25, 0.3) is 22.8 Å². The number of pyridine rings is 1. The molecule has 0 radical (unpaired) electrons. The van der Waals surface area contributed by atoms with E-state index in [1.165, 1.54) is 12.1 Å². The van der Waals surface area contributed by atoms with Crippen molar-refractivity contribution in [3.05, 3.63) is 48.4 Å². The van der Waals surface area contributed by atoms with Crippen molar-refractivity contribution >= 4 is 5.82 Å². The summed E-state index contributed by atoms with van der Waals surface area (Å²) in [5.41, 5.74) is 1.43. The third-order valence-corrected chi connectivity index (χ3v) is 4.38. The number of nitrogens with one attached hydrogen (secondary N) is 1. The smallest absolute Gasteiger partial charge is 0.259 e. The highest BCUT2D eigenvalue weighted by Crippen LogP contribution is 2.22. The van der Waals surface area contributed by atoms with Gasteiger partial charge in [-0.2, -0.15) is 4.98 Å². The molecule has 0 spiro atoms. The van der Waals surface area contributed by atoms with Crippen molar-refractivity contribution in [1.29, 1.82) is 0 Å². The van der Waals surface area contributed by atoms with Gasteiger partial charge in [0, 0.05) is 37.9 Å². The first kappa shape index (κ1) is 17.6. The summed E-state index contributed by atoms with van der Waals surface area (Å²) in [6.45, 7) is 5.33. The molecule has 1 aromatic carbocycles. The number of halogens is 1. The second-order valence-corrected chi connectivity index (χ2v) is 6.24. The summed E-state index contributed by atoms with van der Waals surface area (Å²) in [5.74, 6) is 1.29. The highest BCUT2D eigenvalue weighted by atomic mass is 19.1. The van der Waals surface area contributed by atoms with E-state index in [1.54, 1.807) is 18.3 Å². The molecular formula is C19H20FN5O2. The number of benzene rings is 1. The Morgan fingerprint density at radius 3 is 2.56 bits per heavy atom. The summed E-state index contributed by atoms with van der Waals surface area (Å²) in [5, 5.41) is 7.26. The minimum absolute atomic E-state index is 0.302. The van der Waals surface area contributed by atoms with Gasteiger partial charge >= 0.3 is 0 Å². The second-order valence-electron chi connectivity index (χ2n) is 6.24. The maximum Gasteiger partial charge on any atom is 0.259 e. The lowest BCUT2D eigenvalue weighted by molar-refractivity contribution is 0.0398. The minimum Gasteiger partial charge on any atom is -0.379 e. The van der Waals surface area contributed by atoms with Crippen molar-refractivity contribution in [2.24, 2.45) is 0 Å². The topological polar surface area (TPSA) is 76.3 Å². The molecule has 3 heterocycles. The molecule has 0 saturated carbocycles. The molecule has 1 saturated heterocycles. The molecular weight excluding hydrogens is 349 g/mol. The van der Waals surface area contributed by atoms with Crippen molar-refractivity contribution in [2.75, 3.05) is 44.7 Å². The number of nitrogens with zero attached hydrogens (tertiary/aromatic N) is 4. The number of hydrogen-bond donors (Lipinski definition) is 1. The second kappa shape index (κ2) is 8.24. The minimum atomic E-state index is -0.302. The molecule has 2 aromatic heterocycles. The van der Waals surface area contributed by atoms with Gasteiger partial charge in [0.05, 0.1) is 18.8 Å². The van der Waals surface area contributed by atoms with Gasteiger partial charge < -0.3 is 14.6 Å². The molecule has 0 aliphatic carbocycles. The summed E-state index contributed by atoms with van der Waals surface area (Å²) in [6, 6.07) is 9.73. The third kappa shape index (κ3) is 4.47. The van der Waals surface area contributed by atoms with Gasteiger partial charge in [-0.1, -0.05) is 5.16 Å². The molecule has 1 aliphatic heterocycles. The quantitative estimate of drug-likeness (QED) is 0.716. The van der Waals surface area contributed by atoms with Crippen molar-refractivity contribution in [3.63, 3.8) is 0 Å². The Hall–Kier alpha value is -2.84. The molecule has 0 atom stereocenters. The summed E-state index contributed by atoms with van der Waals surface area (Å²) in [7, 11) is 0. The number of anilines is 1. The van der Waals surface area contributed by atoms with Gasteiger partial charge in [0.25, 0.3) is 5.89 Å². The van der Waals surface area contributed by atoms with E-state index in [2.05, 4.69) is 25.3 Å². The molecule has 8 heteroatoms. The Morgan fingerprint density at radius 1 is 1.04 bits per heavy atom. The first-order chi connectivity index (χ1) is 13.3. The maximum atomic E-state index is 13.0. The van der Waals surface area contributed by atoms with Crippen molar-refractivity contribution in [2.45, 2.75) is 0 Å². The first-order valence-corrected chi connectivity index (χ1v) is 8.88. The van der Waals surface area contributed by atoms with E-state index in [4.69, 9.17) is 9.26 Å². The molecule has 27 heavy (non-hydrogen) atoms. The van der Waals surface area contributed by atoms with Crippen LogP contribution < -0.4 is 5.32 Å². The lowest BCUT2D eigenvalue weighted by Gasteiger charge is -2.26. The Bertz CT molecular complexity index is 861. The highest BCUT2D eigenvalue weighted by Gasteiger charge is 2.12. The van der Waals surface area contributed by atoms with Crippen molar-refractivity contribution in [1.82, 2.24) is 20.0 Å². The van der Waals surface area contributed by atoms with Gasteiger partial charge in [-0.25, -0.2) is 9.37 Å². The zero-order valence-electron chi connectivity index (χ0n) is 14.8. The lowest BCUT2D eigenvalue weighted by atomic mass is 10.2. The number of aromatic nitrogens is 3. The standard InChI is InChI=1S/C19H20FN5O2/c20-16-4-1-14(2-5-16)18-23-19(27-24-18)15-3-6-17(22-13-15)21-7-8-25-9-11-26-12-10-25/h1-6,13H,7-12H2,(H,21,22). The molecule has 7 nitrogen and oxygen atoms in total. The average molecular weight is 369 g/mol. The Morgan fingerprint density at radius 2 is 1.81 bits per heavy atom. The van der Waals surface area contributed by atoms with Crippen LogP contribution in [0.1, 0.15) is 0 Å². The fourth-order valence-corrected chi connectivity index (χ4v) is 2.85. The molecule has 0 unspecified atom stereocenters. The van der Waals surface area contributed by atoms with E-state index in [1.807, 2.05) is 12.1 Å². The van der Waals surface area contributed by atoms with Crippen LogP contribution in [0.3, 0.4) is 0 Å².